The van der Waals surface area contributed by atoms with Crippen LogP contribution in [0.25, 0.3) is 0 Å². The van der Waals surface area contributed by atoms with Crippen molar-refractivity contribution in [3.8, 4) is 0 Å². The van der Waals surface area contributed by atoms with Crippen LogP contribution in [0, 0.1) is 0 Å². The number of carbonyl (C=O) groups excluding carboxylic acids is 2. The fraction of sp³-hybridized carbons (Fsp3) is 0. The van der Waals surface area contributed by atoms with Gasteiger partial charge in [0.05, 0.1) is 0 Å². The predicted molar refractivity (Wildman–Crippen MR) is 36.3 cm³/mol. The molecule has 0 aliphatic carbocycles. The normalized spacial score (nSPS) is 13.7. The standard InChI is InChI=1S/C4H2O3.C2H3Cl/c5-3-1-2-4(6)7-3;1-2-3/h1-2H;2H,1H2. The summed E-state index contributed by atoms with van der Waals surface area (Å²) >= 11 is 4.76. The van der Waals surface area contributed by atoms with Crippen LogP contribution >= 0.6 is 11.6 Å². The molecule has 0 N–H and O–H groups in total. The number of hydrogen-bond acceptors (Lipinski definition) is 3. The Morgan fingerprint density at radius 2 is 1.70 bits per heavy atom. The predicted octanol–water partition coefficient (Wildman–Crippen LogP) is 0.995. The molecule has 1 heterocycles. The van der Waals surface area contributed by atoms with E-state index in [2.05, 4.69) is 11.3 Å². The van der Waals surface area contributed by atoms with E-state index in [1.807, 2.05) is 0 Å². The Morgan fingerprint density at radius 3 is 1.80 bits per heavy atom. The maximum Gasteiger partial charge on any atom is 0.338 e. The topological polar surface area (TPSA) is 43.4 Å². The van der Waals surface area contributed by atoms with E-state index >= 15 is 0 Å². The molecule has 0 spiro atoms. The number of rotatable bonds is 0. The van der Waals surface area contributed by atoms with Gasteiger partial charge in [-0.25, -0.2) is 9.59 Å². The molecule has 4 heteroatoms. The van der Waals surface area contributed by atoms with E-state index < -0.39 is 11.9 Å². The highest BCUT2D eigenvalue weighted by molar-refractivity contribution is 6.25. The van der Waals surface area contributed by atoms with Gasteiger partial charge in [0.2, 0.25) is 0 Å². The number of hydrogen-bond donors (Lipinski definition) is 0. The summed E-state index contributed by atoms with van der Waals surface area (Å²) in [5, 5.41) is 0. The van der Waals surface area contributed by atoms with Crippen molar-refractivity contribution in [2.45, 2.75) is 0 Å². The molecule has 0 aromatic rings. The average molecular weight is 161 g/mol. The summed E-state index contributed by atoms with van der Waals surface area (Å²) in [6, 6.07) is 0. The summed E-state index contributed by atoms with van der Waals surface area (Å²) in [4.78, 5) is 19.8. The molecule has 0 saturated heterocycles. The summed E-state index contributed by atoms with van der Waals surface area (Å²) in [7, 11) is 0. The first-order chi connectivity index (χ1) is 4.70. The van der Waals surface area contributed by atoms with Crippen LogP contribution in [0.15, 0.2) is 24.3 Å². The molecule has 3 nitrogen and oxygen atoms in total. The third-order valence-corrected chi connectivity index (χ3v) is 0.557. The second-order valence-electron chi connectivity index (χ2n) is 1.23. The minimum atomic E-state index is -0.579. The molecular formula is C6H5ClO3. The fourth-order valence-electron chi connectivity index (χ4n) is 0.303. The van der Waals surface area contributed by atoms with E-state index in [1.165, 1.54) is 5.54 Å². The Labute approximate surface area is 62.9 Å². The van der Waals surface area contributed by atoms with Crippen LogP contribution in [-0.2, 0) is 14.3 Å². The van der Waals surface area contributed by atoms with Gasteiger partial charge in [-0.15, -0.1) is 0 Å². The Balaban J connectivity index is 0.000000236. The van der Waals surface area contributed by atoms with E-state index in [-0.39, 0.29) is 0 Å². The first-order valence-corrected chi connectivity index (χ1v) is 2.79. The molecule has 1 rings (SSSR count). The first-order valence-electron chi connectivity index (χ1n) is 2.35. The lowest BCUT2D eigenvalue weighted by Gasteiger charge is -1.80. The van der Waals surface area contributed by atoms with Gasteiger partial charge in [0.15, 0.2) is 0 Å². The molecule has 0 atom stereocenters. The van der Waals surface area contributed by atoms with Gasteiger partial charge in [-0.1, -0.05) is 18.2 Å². The zero-order chi connectivity index (χ0) is 7.98. The molecule has 0 saturated carbocycles. The van der Waals surface area contributed by atoms with E-state index in [0.29, 0.717) is 0 Å². The van der Waals surface area contributed by atoms with Crippen molar-refractivity contribution in [2.75, 3.05) is 0 Å². The number of carbonyl (C=O) groups is 2. The lowest BCUT2D eigenvalue weighted by molar-refractivity contribution is -0.150. The Kier molecular flexibility index (Phi) is 4.24. The SMILES string of the molecule is C=CCl.O=C1C=CC(=O)O1. The van der Waals surface area contributed by atoms with Crippen LogP contribution in [0.5, 0.6) is 0 Å². The van der Waals surface area contributed by atoms with Crippen LogP contribution in [0.2, 0.25) is 0 Å². The molecule has 0 aromatic heterocycles. The van der Waals surface area contributed by atoms with Gasteiger partial charge >= 0.3 is 11.9 Å². The summed E-state index contributed by atoms with van der Waals surface area (Å²) in [5.41, 5.74) is 1.22. The summed E-state index contributed by atoms with van der Waals surface area (Å²) in [6.07, 6.45) is 2.17. The minimum absolute atomic E-state index is 0.579. The molecule has 1 aliphatic rings. The highest BCUT2D eigenvalue weighted by Gasteiger charge is 2.10. The van der Waals surface area contributed by atoms with Crippen LogP contribution < -0.4 is 0 Å². The van der Waals surface area contributed by atoms with E-state index in [9.17, 15) is 9.59 Å². The zero-order valence-corrected chi connectivity index (χ0v) is 5.80. The lowest BCUT2D eigenvalue weighted by atomic mass is 10.6. The molecule has 10 heavy (non-hydrogen) atoms. The smallest absolute Gasteiger partial charge is 0.338 e. The van der Waals surface area contributed by atoms with Crippen molar-refractivity contribution in [1.82, 2.24) is 0 Å². The third kappa shape index (κ3) is 3.86. The Bertz CT molecular complexity index is 167. The maximum atomic E-state index is 9.92. The van der Waals surface area contributed by atoms with Gasteiger partial charge in [0.25, 0.3) is 0 Å². The van der Waals surface area contributed by atoms with Gasteiger partial charge in [-0.3, -0.25) is 0 Å². The monoisotopic (exact) mass is 160 g/mol. The van der Waals surface area contributed by atoms with Crippen molar-refractivity contribution in [3.05, 3.63) is 24.3 Å². The number of halogens is 1. The largest absolute Gasteiger partial charge is 0.387 e. The number of cyclic esters (lactones) is 2. The average Bonchev–Trinajstić information content (AvgIpc) is 2.17. The Hall–Kier alpha value is -1.09. The summed E-state index contributed by atoms with van der Waals surface area (Å²) in [6.45, 7) is 3.13. The quantitative estimate of drug-likeness (QED) is 0.392. The second-order valence-corrected chi connectivity index (χ2v) is 1.54. The van der Waals surface area contributed by atoms with Crippen molar-refractivity contribution >= 4 is 23.5 Å². The van der Waals surface area contributed by atoms with Crippen LogP contribution in [0.4, 0.5) is 0 Å². The van der Waals surface area contributed by atoms with Crippen molar-refractivity contribution < 1.29 is 14.3 Å². The zero-order valence-electron chi connectivity index (χ0n) is 5.04. The summed E-state index contributed by atoms with van der Waals surface area (Å²) in [5.74, 6) is -1.16. The van der Waals surface area contributed by atoms with E-state index in [1.54, 1.807) is 0 Å². The van der Waals surface area contributed by atoms with Crippen molar-refractivity contribution in [1.29, 1.82) is 0 Å². The van der Waals surface area contributed by atoms with E-state index in [4.69, 9.17) is 11.6 Å². The van der Waals surface area contributed by atoms with Gasteiger partial charge in [-0.2, -0.15) is 0 Å². The van der Waals surface area contributed by atoms with Gasteiger partial charge in [-0.05, 0) is 5.54 Å². The van der Waals surface area contributed by atoms with Crippen LogP contribution in [0.3, 0.4) is 0 Å². The van der Waals surface area contributed by atoms with Gasteiger partial charge < -0.3 is 4.74 Å². The molecule has 0 bridgehead atoms. The molecule has 1 aliphatic heterocycles. The Morgan fingerprint density at radius 1 is 1.40 bits per heavy atom. The third-order valence-electron chi connectivity index (χ3n) is 0.557. The molecule has 0 aromatic carbocycles. The molecule has 0 fully saturated rings. The second kappa shape index (κ2) is 4.76. The van der Waals surface area contributed by atoms with Crippen molar-refractivity contribution in [2.24, 2.45) is 0 Å². The van der Waals surface area contributed by atoms with Crippen LogP contribution in [-0.4, -0.2) is 11.9 Å². The highest BCUT2D eigenvalue weighted by Crippen LogP contribution is 1.92. The van der Waals surface area contributed by atoms with E-state index in [0.717, 1.165) is 12.2 Å². The lowest BCUT2D eigenvalue weighted by Crippen LogP contribution is -1.96. The van der Waals surface area contributed by atoms with Gasteiger partial charge in [0, 0.05) is 12.2 Å². The number of ether oxygens (including phenoxy) is 1. The summed E-state index contributed by atoms with van der Waals surface area (Å²) < 4.78 is 3.97. The highest BCUT2D eigenvalue weighted by atomic mass is 35.5. The van der Waals surface area contributed by atoms with Crippen LogP contribution in [0.1, 0.15) is 0 Å². The fourth-order valence-corrected chi connectivity index (χ4v) is 0.303. The molecular weight excluding hydrogens is 156 g/mol. The number of esters is 2. The molecule has 0 unspecified atom stereocenters. The van der Waals surface area contributed by atoms with Gasteiger partial charge in [0.1, 0.15) is 0 Å². The molecule has 0 radical (unpaired) electrons. The molecule has 0 amide bonds. The molecule has 54 valence electrons. The minimum Gasteiger partial charge on any atom is -0.387 e. The maximum absolute atomic E-state index is 9.92. The first kappa shape index (κ1) is 8.91. The van der Waals surface area contributed by atoms with Crippen molar-refractivity contribution in [3.63, 3.8) is 0 Å².